The molecule has 0 saturated carbocycles. The fraction of sp³-hybridized carbons (Fsp3) is 0.417. The third-order valence-electron chi connectivity index (χ3n) is 6.19. The minimum Gasteiger partial charge on any atom is -0.354 e. The molecule has 34 heavy (non-hydrogen) atoms. The van der Waals surface area contributed by atoms with Gasteiger partial charge in [0.15, 0.2) is 0 Å². The number of carbonyl (C=O) groups is 3. The Morgan fingerprint density at radius 1 is 1.15 bits per heavy atom. The lowest BCUT2D eigenvalue weighted by Gasteiger charge is -2.38. The van der Waals surface area contributed by atoms with Crippen LogP contribution in [0.3, 0.4) is 0 Å². The van der Waals surface area contributed by atoms with Gasteiger partial charge < -0.3 is 20.4 Å². The number of nitrogens with zero attached hydrogens (tertiary/aromatic N) is 4. The number of amides is 3. The van der Waals surface area contributed by atoms with Crippen molar-refractivity contribution < 1.29 is 14.4 Å². The lowest BCUT2D eigenvalue weighted by atomic mass is 10.1. The molecule has 2 saturated heterocycles. The van der Waals surface area contributed by atoms with E-state index in [1.807, 2.05) is 31.2 Å². The molecule has 4 rings (SSSR count). The quantitative estimate of drug-likeness (QED) is 0.645. The van der Waals surface area contributed by atoms with Crippen LogP contribution in [0.1, 0.15) is 12.0 Å². The maximum Gasteiger partial charge on any atom is 0.243 e. The van der Waals surface area contributed by atoms with Gasteiger partial charge in [-0.1, -0.05) is 23.7 Å². The Hall–Kier alpha value is -3.17. The lowest BCUT2D eigenvalue weighted by Crippen LogP contribution is -2.60. The van der Waals surface area contributed by atoms with Gasteiger partial charge in [0, 0.05) is 56.2 Å². The Kier molecular flexibility index (Phi) is 7.64. The summed E-state index contributed by atoms with van der Waals surface area (Å²) in [5.41, 5.74) is 1.46. The van der Waals surface area contributed by atoms with Gasteiger partial charge in [0.25, 0.3) is 0 Å². The number of halogens is 1. The number of carbonyl (C=O) groups excluding carboxylic acids is 3. The van der Waals surface area contributed by atoms with Gasteiger partial charge in [-0.25, -0.2) is 4.98 Å². The minimum atomic E-state index is -0.836. The first-order chi connectivity index (χ1) is 16.4. The molecular weight excluding hydrogens is 456 g/mol. The molecule has 2 N–H and O–H groups in total. The summed E-state index contributed by atoms with van der Waals surface area (Å²) in [6.07, 6.45) is 1.66. The zero-order valence-corrected chi connectivity index (χ0v) is 19.9. The van der Waals surface area contributed by atoms with Crippen LogP contribution in [0.4, 0.5) is 11.5 Å². The SMILES string of the molecule is Cc1ccc(NC(=O)CC2C(=O)NCCN2C(=O)CN2CCN(c3ccccn3)CC2)cc1Cl. The molecule has 2 fully saturated rings. The van der Waals surface area contributed by atoms with Crippen molar-refractivity contribution in [2.24, 2.45) is 0 Å². The van der Waals surface area contributed by atoms with Crippen LogP contribution in [-0.4, -0.2) is 84.4 Å². The van der Waals surface area contributed by atoms with Crippen molar-refractivity contribution in [3.05, 3.63) is 53.2 Å². The average molecular weight is 485 g/mol. The first-order valence-electron chi connectivity index (χ1n) is 11.4. The monoisotopic (exact) mass is 484 g/mol. The second-order valence-electron chi connectivity index (χ2n) is 8.56. The number of hydrogen-bond donors (Lipinski definition) is 2. The zero-order valence-electron chi connectivity index (χ0n) is 19.2. The number of rotatable bonds is 6. The second kappa shape index (κ2) is 10.8. The molecule has 2 aliphatic heterocycles. The molecule has 1 aromatic carbocycles. The topological polar surface area (TPSA) is 97.9 Å². The Balaban J connectivity index is 1.33. The van der Waals surface area contributed by atoms with Crippen LogP contribution < -0.4 is 15.5 Å². The summed E-state index contributed by atoms with van der Waals surface area (Å²) >= 11 is 6.13. The van der Waals surface area contributed by atoms with E-state index < -0.39 is 6.04 Å². The van der Waals surface area contributed by atoms with Crippen molar-refractivity contribution in [3.8, 4) is 0 Å². The first-order valence-corrected chi connectivity index (χ1v) is 11.8. The van der Waals surface area contributed by atoms with E-state index in [2.05, 4.69) is 25.4 Å². The molecule has 2 aromatic rings. The smallest absolute Gasteiger partial charge is 0.243 e. The summed E-state index contributed by atoms with van der Waals surface area (Å²) in [5.74, 6) is 0.139. The molecule has 0 aliphatic carbocycles. The highest BCUT2D eigenvalue weighted by Gasteiger charge is 2.35. The minimum absolute atomic E-state index is 0.115. The Bertz CT molecular complexity index is 1040. The molecule has 1 aromatic heterocycles. The first kappa shape index (κ1) is 24.0. The van der Waals surface area contributed by atoms with Crippen molar-refractivity contribution in [2.75, 3.05) is 56.0 Å². The number of benzene rings is 1. The van der Waals surface area contributed by atoms with E-state index in [4.69, 9.17) is 11.6 Å². The Morgan fingerprint density at radius 2 is 1.94 bits per heavy atom. The molecular formula is C24H29ClN6O3. The third kappa shape index (κ3) is 5.84. The molecule has 0 bridgehead atoms. The predicted octanol–water partition coefficient (Wildman–Crippen LogP) is 1.52. The summed E-state index contributed by atoms with van der Waals surface area (Å²) in [5, 5.41) is 6.09. The number of nitrogens with one attached hydrogen (secondary N) is 2. The van der Waals surface area contributed by atoms with Crippen LogP contribution in [0.5, 0.6) is 0 Å². The van der Waals surface area contributed by atoms with Gasteiger partial charge in [0.2, 0.25) is 17.7 Å². The highest BCUT2D eigenvalue weighted by Crippen LogP contribution is 2.21. The number of hydrogen-bond acceptors (Lipinski definition) is 6. The van der Waals surface area contributed by atoms with Gasteiger partial charge in [-0.15, -0.1) is 0 Å². The number of piperazine rings is 2. The average Bonchev–Trinajstić information content (AvgIpc) is 2.83. The molecule has 1 unspecified atom stereocenters. The number of aromatic nitrogens is 1. The van der Waals surface area contributed by atoms with Gasteiger partial charge in [-0.3, -0.25) is 19.3 Å². The maximum atomic E-state index is 13.1. The maximum absolute atomic E-state index is 13.1. The molecule has 10 heteroatoms. The van der Waals surface area contributed by atoms with Crippen molar-refractivity contribution >= 4 is 40.8 Å². The molecule has 0 radical (unpaired) electrons. The molecule has 3 heterocycles. The second-order valence-corrected chi connectivity index (χ2v) is 8.97. The zero-order chi connectivity index (χ0) is 24.1. The number of aryl methyl sites for hydroxylation is 1. The summed E-state index contributed by atoms with van der Waals surface area (Å²) in [6, 6.07) is 10.2. The molecule has 9 nitrogen and oxygen atoms in total. The van der Waals surface area contributed by atoms with Crippen LogP contribution >= 0.6 is 11.6 Å². The van der Waals surface area contributed by atoms with Gasteiger partial charge >= 0.3 is 0 Å². The summed E-state index contributed by atoms with van der Waals surface area (Å²) in [4.78, 5) is 48.5. The largest absolute Gasteiger partial charge is 0.354 e. The predicted molar refractivity (Wildman–Crippen MR) is 131 cm³/mol. The molecule has 180 valence electrons. The fourth-order valence-corrected chi connectivity index (χ4v) is 4.41. The summed E-state index contributed by atoms with van der Waals surface area (Å²) in [6.45, 7) is 5.85. The standard InChI is InChI=1S/C24H29ClN6O3/c1-17-5-6-18(14-19(17)25)28-22(32)15-20-24(34)27-8-9-31(20)23(33)16-29-10-12-30(13-11-29)21-4-2-3-7-26-21/h2-7,14,20H,8-13,15-16H2,1H3,(H,27,34)(H,28,32). The van der Waals surface area contributed by atoms with Gasteiger partial charge in [-0.05, 0) is 36.8 Å². The van der Waals surface area contributed by atoms with E-state index in [-0.39, 0.29) is 30.7 Å². The molecule has 0 spiro atoms. The third-order valence-corrected chi connectivity index (χ3v) is 6.60. The molecule has 3 amide bonds. The van der Waals surface area contributed by atoms with E-state index in [9.17, 15) is 14.4 Å². The van der Waals surface area contributed by atoms with E-state index >= 15 is 0 Å². The van der Waals surface area contributed by atoms with Crippen LogP contribution in [0.15, 0.2) is 42.6 Å². The van der Waals surface area contributed by atoms with Gasteiger partial charge in [0.1, 0.15) is 11.9 Å². The van der Waals surface area contributed by atoms with Gasteiger partial charge in [-0.2, -0.15) is 0 Å². The van der Waals surface area contributed by atoms with Crippen molar-refractivity contribution in [1.29, 1.82) is 0 Å². The van der Waals surface area contributed by atoms with E-state index in [0.29, 0.717) is 23.8 Å². The van der Waals surface area contributed by atoms with Crippen LogP contribution in [-0.2, 0) is 14.4 Å². The molecule has 2 aliphatic rings. The number of anilines is 2. The Morgan fingerprint density at radius 3 is 2.65 bits per heavy atom. The highest BCUT2D eigenvalue weighted by molar-refractivity contribution is 6.31. The highest BCUT2D eigenvalue weighted by atomic mass is 35.5. The normalized spacial score (nSPS) is 19.0. The summed E-state index contributed by atoms with van der Waals surface area (Å²) < 4.78 is 0. The lowest BCUT2D eigenvalue weighted by molar-refractivity contribution is -0.145. The van der Waals surface area contributed by atoms with E-state index in [0.717, 1.165) is 37.6 Å². The van der Waals surface area contributed by atoms with Crippen LogP contribution in [0.2, 0.25) is 5.02 Å². The Labute approximate surface area is 204 Å². The van der Waals surface area contributed by atoms with E-state index in [1.165, 1.54) is 4.90 Å². The van der Waals surface area contributed by atoms with Crippen LogP contribution in [0.25, 0.3) is 0 Å². The fourth-order valence-electron chi connectivity index (χ4n) is 4.23. The van der Waals surface area contributed by atoms with Gasteiger partial charge in [0.05, 0.1) is 13.0 Å². The summed E-state index contributed by atoms with van der Waals surface area (Å²) in [7, 11) is 0. The van der Waals surface area contributed by atoms with Crippen molar-refractivity contribution in [2.45, 2.75) is 19.4 Å². The molecule has 1 atom stereocenters. The van der Waals surface area contributed by atoms with Crippen molar-refractivity contribution in [3.63, 3.8) is 0 Å². The number of pyridine rings is 1. The van der Waals surface area contributed by atoms with E-state index in [1.54, 1.807) is 18.3 Å². The van der Waals surface area contributed by atoms with Crippen molar-refractivity contribution in [1.82, 2.24) is 20.1 Å². The van der Waals surface area contributed by atoms with Crippen LogP contribution in [0, 0.1) is 6.92 Å².